The molecule has 1 heterocycles. The van der Waals surface area contributed by atoms with Gasteiger partial charge in [-0.1, -0.05) is 12.2 Å². The molecule has 0 atom stereocenters. The fourth-order valence-corrected chi connectivity index (χ4v) is 2.26. The maximum atomic E-state index is 11.8. The number of halogens is 1. The predicted octanol–water partition coefficient (Wildman–Crippen LogP) is 2.16. The largest absolute Gasteiger partial charge is 0.308 e. The highest BCUT2D eigenvalue weighted by Gasteiger charge is 2.19. The first kappa shape index (κ1) is 12.1. The first-order valence-corrected chi connectivity index (χ1v) is 6.24. The van der Waals surface area contributed by atoms with E-state index < -0.39 is 0 Å². The first-order chi connectivity index (χ1) is 8.24. The van der Waals surface area contributed by atoms with Crippen LogP contribution in [-0.4, -0.2) is 16.2 Å². The molecule has 0 bridgehead atoms. The minimum absolute atomic E-state index is 0.0577. The molecule has 90 valence electrons. The Morgan fingerprint density at radius 3 is 2.82 bits per heavy atom. The number of hydrogen-bond donors (Lipinski definition) is 0. The average Bonchev–Trinajstić information content (AvgIpc) is 2.32. The zero-order valence-corrected chi connectivity index (χ0v) is 10.2. The molecule has 17 heavy (non-hydrogen) atoms. The lowest BCUT2D eigenvalue weighted by molar-refractivity contribution is 0.0970. The van der Waals surface area contributed by atoms with Crippen molar-refractivity contribution in [1.82, 2.24) is 4.57 Å². The zero-order valence-electron chi connectivity index (χ0n) is 9.49. The molecule has 0 aromatic carbocycles. The van der Waals surface area contributed by atoms with Gasteiger partial charge in [0.1, 0.15) is 0 Å². The van der Waals surface area contributed by atoms with Crippen molar-refractivity contribution in [3.8, 4) is 0 Å². The van der Waals surface area contributed by atoms with Crippen molar-refractivity contribution in [2.75, 3.05) is 5.88 Å². The summed E-state index contributed by atoms with van der Waals surface area (Å²) in [7, 11) is 0. The Morgan fingerprint density at radius 1 is 1.24 bits per heavy atom. The number of aromatic nitrogens is 1. The third-order valence-electron chi connectivity index (χ3n) is 2.96. The maximum Gasteiger partial charge on any atom is 0.251 e. The summed E-state index contributed by atoms with van der Waals surface area (Å²) in [6, 6.07) is 3.12. The summed E-state index contributed by atoms with van der Waals surface area (Å²) in [5, 5.41) is 0. The summed E-state index contributed by atoms with van der Waals surface area (Å²) >= 11 is 5.55. The Kier molecular flexibility index (Phi) is 3.79. The lowest BCUT2D eigenvalue weighted by Gasteiger charge is -2.18. The van der Waals surface area contributed by atoms with Gasteiger partial charge in [0.2, 0.25) is 0 Å². The number of carbonyl (C=O) groups excluding carboxylic acids is 1. The summed E-state index contributed by atoms with van der Waals surface area (Å²) in [6.45, 7) is 0.488. The van der Waals surface area contributed by atoms with Crippen LogP contribution in [0.15, 0.2) is 29.1 Å². The van der Waals surface area contributed by atoms with Gasteiger partial charge in [0, 0.05) is 36.2 Å². The highest BCUT2D eigenvalue weighted by Crippen LogP contribution is 2.19. The van der Waals surface area contributed by atoms with E-state index in [0.717, 1.165) is 18.5 Å². The Labute approximate surface area is 105 Å². The van der Waals surface area contributed by atoms with Crippen molar-refractivity contribution < 1.29 is 4.79 Å². The number of pyridine rings is 1. The monoisotopic (exact) mass is 251 g/mol. The van der Waals surface area contributed by atoms with E-state index in [1.54, 1.807) is 16.7 Å². The number of rotatable bonds is 3. The van der Waals surface area contributed by atoms with Crippen LogP contribution in [0.25, 0.3) is 0 Å². The molecule has 0 spiro atoms. The number of carbonyl (C=O) groups is 1. The molecule has 0 saturated carbocycles. The van der Waals surface area contributed by atoms with Crippen LogP contribution in [0.2, 0.25) is 0 Å². The van der Waals surface area contributed by atoms with Gasteiger partial charge in [-0.05, 0) is 18.9 Å². The molecule has 1 aliphatic carbocycles. The number of nitrogens with zero attached hydrogens (tertiary/aromatic N) is 1. The van der Waals surface area contributed by atoms with E-state index in [-0.39, 0.29) is 11.3 Å². The van der Waals surface area contributed by atoms with Crippen LogP contribution in [0.4, 0.5) is 0 Å². The zero-order chi connectivity index (χ0) is 12.3. The van der Waals surface area contributed by atoms with Crippen molar-refractivity contribution in [2.45, 2.75) is 25.8 Å². The van der Waals surface area contributed by atoms with E-state index in [2.05, 4.69) is 0 Å². The second-order valence-corrected chi connectivity index (χ2v) is 4.35. The summed E-state index contributed by atoms with van der Waals surface area (Å²) in [4.78, 5) is 23.5. The topological polar surface area (TPSA) is 39.1 Å². The van der Waals surface area contributed by atoms with Crippen LogP contribution in [-0.2, 0) is 13.0 Å². The molecule has 0 radical (unpaired) electrons. The van der Waals surface area contributed by atoms with Gasteiger partial charge in [0.15, 0.2) is 5.78 Å². The highest BCUT2D eigenvalue weighted by atomic mass is 35.5. The second-order valence-electron chi connectivity index (χ2n) is 4.04. The lowest BCUT2D eigenvalue weighted by Crippen LogP contribution is -2.27. The van der Waals surface area contributed by atoms with Gasteiger partial charge in [-0.3, -0.25) is 9.59 Å². The quantitative estimate of drug-likeness (QED) is 0.610. The van der Waals surface area contributed by atoms with E-state index in [9.17, 15) is 9.59 Å². The maximum absolute atomic E-state index is 11.8. The fourth-order valence-electron chi connectivity index (χ4n) is 2.14. The van der Waals surface area contributed by atoms with Gasteiger partial charge < -0.3 is 4.57 Å². The molecule has 1 aliphatic rings. The normalized spacial score (nSPS) is 15.2. The average molecular weight is 252 g/mol. The van der Waals surface area contributed by atoms with Crippen LogP contribution >= 0.6 is 11.6 Å². The number of ketones is 1. The van der Waals surface area contributed by atoms with Crippen molar-refractivity contribution in [2.24, 2.45) is 0 Å². The van der Waals surface area contributed by atoms with Gasteiger partial charge >= 0.3 is 0 Å². The van der Waals surface area contributed by atoms with Crippen LogP contribution in [0.1, 0.15) is 28.9 Å². The second kappa shape index (κ2) is 5.32. The van der Waals surface area contributed by atoms with Crippen LogP contribution < -0.4 is 5.56 Å². The molecule has 0 N–H and O–H groups in total. The van der Waals surface area contributed by atoms with Crippen molar-refractivity contribution in [3.05, 3.63) is 45.9 Å². The van der Waals surface area contributed by atoms with E-state index >= 15 is 0 Å². The molecule has 4 heteroatoms. The van der Waals surface area contributed by atoms with Gasteiger partial charge in [0.05, 0.1) is 0 Å². The van der Waals surface area contributed by atoms with Gasteiger partial charge in [-0.15, -0.1) is 11.6 Å². The summed E-state index contributed by atoms with van der Waals surface area (Å²) < 4.78 is 1.66. The molecular weight excluding hydrogens is 238 g/mol. The molecule has 0 saturated heterocycles. The van der Waals surface area contributed by atoms with Crippen molar-refractivity contribution >= 4 is 17.4 Å². The molecule has 1 aromatic rings. The van der Waals surface area contributed by atoms with Crippen LogP contribution in [0, 0.1) is 0 Å². The van der Waals surface area contributed by atoms with Crippen LogP contribution in [0.5, 0.6) is 0 Å². The molecule has 0 unspecified atom stereocenters. The van der Waals surface area contributed by atoms with Crippen LogP contribution in [0.3, 0.4) is 0 Å². The molecule has 0 fully saturated rings. The summed E-state index contributed by atoms with van der Waals surface area (Å²) in [5.41, 5.74) is 1.51. The van der Waals surface area contributed by atoms with Crippen molar-refractivity contribution in [1.29, 1.82) is 0 Å². The van der Waals surface area contributed by atoms with Crippen molar-refractivity contribution in [3.63, 3.8) is 0 Å². The van der Waals surface area contributed by atoms with E-state index in [1.807, 2.05) is 6.08 Å². The smallest absolute Gasteiger partial charge is 0.251 e. The highest BCUT2D eigenvalue weighted by molar-refractivity contribution is 6.18. The first-order valence-electron chi connectivity index (χ1n) is 5.71. The fraction of sp³-hybridized carbons (Fsp3) is 0.385. The SMILES string of the molecule is O=C1CCCc2c1ccc(=O)n2C/C=C/CCl. The van der Waals surface area contributed by atoms with Gasteiger partial charge in [-0.2, -0.15) is 0 Å². The number of allylic oxidation sites excluding steroid dienone is 2. The lowest BCUT2D eigenvalue weighted by atomic mass is 9.94. The van der Waals surface area contributed by atoms with E-state index in [0.29, 0.717) is 24.4 Å². The Bertz CT molecular complexity index is 517. The third-order valence-corrected chi connectivity index (χ3v) is 3.14. The van der Waals surface area contributed by atoms with E-state index in [1.165, 1.54) is 6.07 Å². The summed E-state index contributed by atoms with van der Waals surface area (Å²) in [6.07, 6.45) is 5.87. The predicted molar refractivity (Wildman–Crippen MR) is 67.8 cm³/mol. The molecule has 3 nitrogen and oxygen atoms in total. The number of Topliss-reactive ketones (excluding diaryl/α,β-unsaturated/α-hetero) is 1. The number of fused-ring (bicyclic) bond motifs is 1. The van der Waals surface area contributed by atoms with Gasteiger partial charge in [0.25, 0.3) is 5.56 Å². The Morgan fingerprint density at radius 2 is 2.06 bits per heavy atom. The molecule has 0 aliphatic heterocycles. The van der Waals surface area contributed by atoms with E-state index in [4.69, 9.17) is 11.6 Å². The minimum atomic E-state index is -0.0577. The standard InChI is InChI=1S/C13H14ClNO2/c14-8-1-2-9-15-11-4-3-5-12(16)10(11)6-7-13(15)17/h1-2,6-7H,3-5,8-9H2/b2-1+. The number of hydrogen-bond acceptors (Lipinski definition) is 2. The molecular formula is C13H14ClNO2. The molecule has 0 amide bonds. The minimum Gasteiger partial charge on any atom is -0.308 e. The Hall–Kier alpha value is -1.35. The third kappa shape index (κ3) is 2.50. The summed E-state index contributed by atoms with van der Waals surface area (Å²) in [5.74, 6) is 0.573. The Balaban J connectivity index is 2.43. The van der Waals surface area contributed by atoms with Gasteiger partial charge in [-0.25, -0.2) is 0 Å². The molecule has 2 rings (SSSR count). The number of alkyl halides is 1. The molecule has 1 aromatic heterocycles.